The van der Waals surface area contributed by atoms with Gasteiger partial charge in [0.05, 0.1) is 23.9 Å². The highest BCUT2D eigenvalue weighted by Gasteiger charge is 2.27. The maximum absolute atomic E-state index is 12.4. The predicted octanol–water partition coefficient (Wildman–Crippen LogP) is 4.57. The van der Waals surface area contributed by atoms with Crippen molar-refractivity contribution >= 4 is 23.1 Å². The van der Waals surface area contributed by atoms with Crippen molar-refractivity contribution < 1.29 is 19.4 Å². The summed E-state index contributed by atoms with van der Waals surface area (Å²) in [5, 5.41) is 9.74. The minimum absolute atomic E-state index is 0.140. The van der Waals surface area contributed by atoms with Crippen LogP contribution in [0.5, 0.6) is 0 Å². The zero-order valence-electron chi connectivity index (χ0n) is 17.0. The van der Waals surface area contributed by atoms with Crippen molar-refractivity contribution in [2.75, 3.05) is 13.7 Å². The lowest BCUT2D eigenvalue weighted by Gasteiger charge is -2.25. The van der Waals surface area contributed by atoms with E-state index in [1.807, 2.05) is 27.7 Å². The Morgan fingerprint density at radius 1 is 1.43 bits per heavy atom. The van der Waals surface area contributed by atoms with E-state index < -0.39 is 11.4 Å². The van der Waals surface area contributed by atoms with Crippen LogP contribution < -0.4 is 5.43 Å². The number of pyridine rings is 1. The largest absolute Gasteiger partial charge is 0.495 e. The number of nitrogens with zero attached hydrogens (tertiary/aromatic N) is 1. The van der Waals surface area contributed by atoms with Crippen molar-refractivity contribution in [1.82, 2.24) is 4.57 Å². The van der Waals surface area contributed by atoms with E-state index in [0.717, 1.165) is 5.57 Å². The number of hydrogen-bond acceptors (Lipinski definition) is 4. The lowest BCUT2D eigenvalue weighted by Crippen LogP contribution is -2.26. The van der Waals surface area contributed by atoms with Crippen LogP contribution in [0.2, 0.25) is 0 Å². The van der Waals surface area contributed by atoms with Crippen molar-refractivity contribution in [1.29, 1.82) is 0 Å². The molecule has 0 saturated carbocycles. The average molecular weight is 408 g/mol. The number of fused-ring (bicyclic) bond motifs is 1. The summed E-state index contributed by atoms with van der Waals surface area (Å²) in [7, 11) is 1.54. The molecule has 2 heterocycles. The van der Waals surface area contributed by atoms with Crippen LogP contribution in [0.15, 0.2) is 45.3 Å². The molecule has 0 radical (unpaired) electrons. The van der Waals surface area contributed by atoms with E-state index >= 15 is 0 Å². The fourth-order valence-electron chi connectivity index (χ4n) is 3.17. The lowest BCUT2D eigenvalue weighted by molar-refractivity contribution is 0.0693. The molecule has 1 aliphatic heterocycles. The first kappa shape index (κ1) is 21.8. The fourth-order valence-corrected chi connectivity index (χ4v) is 3.55. The van der Waals surface area contributed by atoms with Gasteiger partial charge in [-0.25, -0.2) is 4.79 Å². The highest BCUT2D eigenvalue weighted by Crippen LogP contribution is 2.33. The summed E-state index contributed by atoms with van der Waals surface area (Å²) in [6.45, 7) is 9.96. The standard InChI is InChI=1S/C21H26ClNO5/c1-11(2)18-10-28-13(5)14(7-16(22)20(27-6)12(3)4)17-8-19(24)15(21(25)26)9-23(17)18/h7-9,11,18H,10H2,1-6H3,(H,25,26)/b16-7+. The van der Waals surface area contributed by atoms with Gasteiger partial charge in [0.1, 0.15) is 23.7 Å². The number of carboxylic acids is 1. The summed E-state index contributed by atoms with van der Waals surface area (Å²) in [4.78, 5) is 23.9. The number of allylic oxidation sites excluding steroid dienone is 5. The van der Waals surface area contributed by atoms with Gasteiger partial charge in [0.25, 0.3) is 0 Å². The smallest absolute Gasteiger partial charge is 0.341 e. The molecule has 0 fully saturated rings. The average Bonchev–Trinajstić information content (AvgIpc) is 2.72. The summed E-state index contributed by atoms with van der Waals surface area (Å²) in [6, 6.07) is 1.20. The Morgan fingerprint density at radius 3 is 2.57 bits per heavy atom. The molecule has 1 N–H and O–H groups in total. The third kappa shape index (κ3) is 4.33. The Morgan fingerprint density at radius 2 is 2.07 bits per heavy atom. The molecule has 1 aromatic heterocycles. The van der Waals surface area contributed by atoms with E-state index in [2.05, 4.69) is 0 Å². The monoisotopic (exact) mass is 407 g/mol. The first-order valence-electron chi connectivity index (χ1n) is 9.01. The number of carboxylic acid groups (broad SMARTS) is 1. The number of aromatic carboxylic acids is 1. The van der Waals surface area contributed by atoms with Crippen molar-refractivity contribution in [2.24, 2.45) is 5.92 Å². The normalized spacial score (nSPS) is 17.0. The molecule has 2 rings (SSSR count). The quantitative estimate of drug-likeness (QED) is 0.571. The van der Waals surface area contributed by atoms with Gasteiger partial charge < -0.3 is 19.1 Å². The molecular weight excluding hydrogens is 382 g/mol. The zero-order chi connectivity index (χ0) is 21.2. The van der Waals surface area contributed by atoms with Crippen LogP contribution >= 0.6 is 11.6 Å². The van der Waals surface area contributed by atoms with Crippen LogP contribution in [0.4, 0.5) is 0 Å². The van der Waals surface area contributed by atoms with E-state index in [0.29, 0.717) is 34.4 Å². The molecule has 28 heavy (non-hydrogen) atoms. The number of rotatable bonds is 5. The summed E-state index contributed by atoms with van der Waals surface area (Å²) in [5.74, 6) is 0.0289. The highest BCUT2D eigenvalue weighted by molar-refractivity contribution is 6.32. The SMILES string of the molecule is COC(=C(C)C)/C(Cl)=C\C1=C(C)OCC(C(C)C)n2cc(C(=O)O)c(=O)cc21. The van der Waals surface area contributed by atoms with Gasteiger partial charge in [-0.05, 0) is 38.3 Å². The van der Waals surface area contributed by atoms with Crippen LogP contribution in [-0.4, -0.2) is 29.4 Å². The van der Waals surface area contributed by atoms with Gasteiger partial charge >= 0.3 is 5.97 Å². The number of ether oxygens (including phenoxy) is 2. The molecule has 0 bridgehead atoms. The number of hydrogen-bond donors (Lipinski definition) is 1. The van der Waals surface area contributed by atoms with Crippen LogP contribution in [0.1, 0.15) is 56.7 Å². The van der Waals surface area contributed by atoms with Crippen molar-refractivity contribution in [3.05, 3.63) is 61.9 Å². The van der Waals surface area contributed by atoms with E-state index in [1.165, 1.54) is 19.4 Å². The highest BCUT2D eigenvalue weighted by atomic mass is 35.5. The number of methoxy groups -OCH3 is 1. The number of carbonyl (C=O) groups is 1. The number of halogens is 1. The van der Waals surface area contributed by atoms with Gasteiger partial charge in [0, 0.05) is 17.8 Å². The molecule has 7 heteroatoms. The number of aromatic nitrogens is 1. The molecule has 1 aromatic rings. The Hall–Kier alpha value is -2.47. The van der Waals surface area contributed by atoms with Gasteiger partial charge in [0.15, 0.2) is 5.43 Å². The first-order valence-corrected chi connectivity index (χ1v) is 9.38. The molecule has 152 valence electrons. The molecule has 1 unspecified atom stereocenters. The molecule has 0 amide bonds. The van der Waals surface area contributed by atoms with Crippen LogP contribution in [0.25, 0.3) is 5.57 Å². The Kier molecular flexibility index (Phi) is 6.77. The maximum atomic E-state index is 12.4. The molecule has 1 atom stereocenters. The molecule has 0 saturated heterocycles. The molecule has 0 aromatic carbocycles. The zero-order valence-corrected chi connectivity index (χ0v) is 17.8. The van der Waals surface area contributed by atoms with E-state index in [-0.39, 0.29) is 17.5 Å². The predicted molar refractivity (Wildman–Crippen MR) is 109 cm³/mol. The van der Waals surface area contributed by atoms with Crippen molar-refractivity contribution in [3.63, 3.8) is 0 Å². The molecule has 0 aliphatic carbocycles. The minimum atomic E-state index is -1.25. The van der Waals surface area contributed by atoms with Crippen LogP contribution in [0.3, 0.4) is 0 Å². The van der Waals surface area contributed by atoms with E-state index in [4.69, 9.17) is 21.1 Å². The van der Waals surface area contributed by atoms with E-state index in [1.54, 1.807) is 17.6 Å². The molecule has 6 nitrogen and oxygen atoms in total. The Labute approximate surface area is 169 Å². The summed E-state index contributed by atoms with van der Waals surface area (Å²) < 4.78 is 13.1. The topological polar surface area (TPSA) is 77.8 Å². The fraction of sp³-hybridized carbons (Fsp3) is 0.429. The second kappa shape index (κ2) is 8.69. The van der Waals surface area contributed by atoms with Crippen molar-refractivity contribution in [3.8, 4) is 0 Å². The second-order valence-corrected chi connectivity index (χ2v) is 7.67. The van der Waals surface area contributed by atoms with Crippen LogP contribution in [-0.2, 0) is 9.47 Å². The maximum Gasteiger partial charge on any atom is 0.341 e. The van der Waals surface area contributed by atoms with Gasteiger partial charge in [-0.3, -0.25) is 4.79 Å². The molecular formula is C21H26ClNO5. The van der Waals surface area contributed by atoms with E-state index in [9.17, 15) is 14.7 Å². The van der Waals surface area contributed by atoms with Gasteiger partial charge in [-0.15, -0.1) is 0 Å². The first-order chi connectivity index (χ1) is 13.1. The third-order valence-corrected chi connectivity index (χ3v) is 4.99. The summed E-state index contributed by atoms with van der Waals surface area (Å²) in [5.41, 5.74) is 1.23. The lowest BCUT2D eigenvalue weighted by atomic mass is 10.0. The molecule has 0 spiro atoms. The summed E-state index contributed by atoms with van der Waals surface area (Å²) >= 11 is 6.49. The Balaban J connectivity index is 2.79. The Bertz CT molecular complexity index is 933. The second-order valence-electron chi connectivity index (χ2n) is 7.27. The summed E-state index contributed by atoms with van der Waals surface area (Å²) in [6.07, 6.45) is 3.09. The third-order valence-electron chi connectivity index (χ3n) is 4.71. The van der Waals surface area contributed by atoms with Gasteiger partial charge in [-0.2, -0.15) is 0 Å². The molecule has 1 aliphatic rings. The van der Waals surface area contributed by atoms with Crippen molar-refractivity contribution in [2.45, 2.75) is 40.7 Å². The van der Waals surface area contributed by atoms with Gasteiger partial charge in [-0.1, -0.05) is 25.4 Å². The van der Waals surface area contributed by atoms with Crippen LogP contribution in [0, 0.1) is 5.92 Å². The minimum Gasteiger partial charge on any atom is -0.495 e. The van der Waals surface area contributed by atoms with Gasteiger partial charge in [0.2, 0.25) is 0 Å².